The summed E-state index contributed by atoms with van der Waals surface area (Å²) in [5.74, 6) is 1.58. The summed E-state index contributed by atoms with van der Waals surface area (Å²) in [5, 5.41) is 6.66. The minimum atomic E-state index is 0. The number of hydrogen-bond donors (Lipinski definition) is 2. The smallest absolute Gasteiger partial charge is 0.191 e. The molecule has 0 aliphatic heterocycles. The van der Waals surface area contributed by atoms with E-state index in [1.54, 1.807) is 0 Å². The number of hydrogen-bond acceptors (Lipinski definition) is 2. The highest BCUT2D eigenvalue weighted by Gasteiger charge is 2.21. The van der Waals surface area contributed by atoms with E-state index in [2.05, 4.69) is 36.4 Å². The van der Waals surface area contributed by atoms with Crippen LogP contribution in [0.4, 0.5) is 0 Å². The average molecular weight is 369 g/mol. The van der Waals surface area contributed by atoms with Gasteiger partial charge in [-0.2, -0.15) is 0 Å². The van der Waals surface area contributed by atoms with Crippen molar-refractivity contribution in [3.8, 4) is 0 Å². The van der Waals surface area contributed by atoms with Crippen LogP contribution in [0.1, 0.15) is 40.0 Å². The molecule has 0 spiro atoms. The summed E-state index contributed by atoms with van der Waals surface area (Å²) in [6.45, 7) is 9.84. The molecule has 0 radical (unpaired) electrons. The summed E-state index contributed by atoms with van der Waals surface area (Å²) >= 11 is 0. The first-order valence-corrected chi connectivity index (χ1v) is 6.85. The van der Waals surface area contributed by atoms with Crippen LogP contribution >= 0.6 is 24.0 Å². The Kier molecular flexibility index (Phi) is 10.8. The molecule has 1 fully saturated rings. The van der Waals surface area contributed by atoms with E-state index in [0.717, 1.165) is 38.7 Å². The van der Waals surface area contributed by atoms with Gasteiger partial charge in [-0.05, 0) is 32.1 Å². The molecule has 1 aliphatic carbocycles. The van der Waals surface area contributed by atoms with Crippen molar-refractivity contribution in [3.05, 3.63) is 0 Å². The molecular formula is C13H28IN3O. The lowest BCUT2D eigenvalue weighted by molar-refractivity contribution is 0.109. The summed E-state index contributed by atoms with van der Waals surface area (Å²) < 4.78 is 5.52. The molecule has 0 saturated heterocycles. The standard InChI is InChI=1S/C13H27N3O.HI/c1-4-14-13(16-12-6-7-12)15-8-5-9-17-10-11(2)3;/h11-12H,4-10H2,1-3H3,(H2,14,15,16);1H. The van der Waals surface area contributed by atoms with Gasteiger partial charge in [0.15, 0.2) is 5.96 Å². The average Bonchev–Trinajstić information content (AvgIpc) is 3.06. The van der Waals surface area contributed by atoms with Crippen molar-refractivity contribution in [1.29, 1.82) is 0 Å². The van der Waals surface area contributed by atoms with E-state index < -0.39 is 0 Å². The Morgan fingerprint density at radius 1 is 1.39 bits per heavy atom. The van der Waals surface area contributed by atoms with Crippen molar-refractivity contribution in [2.24, 2.45) is 10.9 Å². The van der Waals surface area contributed by atoms with Crippen LogP contribution < -0.4 is 10.6 Å². The van der Waals surface area contributed by atoms with E-state index in [1.165, 1.54) is 12.8 Å². The second-order valence-electron chi connectivity index (χ2n) is 5.00. The lowest BCUT2D eigenvalue weighted by Gasteiger charge is -2.10. The van der Waals surface area contributed by atoms with Crippen LogP contribution in [0, 0.1) is 5.92 Å². The zero-order chi connectivity index (χ0) is 12.5. The van der Waals surface area contributed by atoms with Crippen molar-refractivity contribution in [3.63, 3.8) is 0 Å². The van der Waals surface area contributed by atoms with Crippen molar-refractivity contribution in [2.75, 3.05) is 26.3 Å². The van der Waals surface area contributed by atoms with Crippen LogP contribution in [0.25, 0.3) is 0 Å². The Morgan fingerprint density at radius 3 is 2.67 bits per heavy atom. The first-order chi connectivity index (χ1) is 8.22. The third-order valence-corrected chi connectivity index (χ3v) is 2.43. The van der Waals surface area contributed by atoms with E-state index in [4.69, 9.17) is 4.74 Å². The van der Waals surface area contributed by atoms with Gasteiger partial charge in [-0.15, -0.1) is 24.0 Å². The minimum Gasteiger partial charge on any atom is -0.381 e. The van der Waals surface area contributed by atoms with Gasteiger partial charge in [-0.25, -0.2) is 0 Å². The Morgan fingerprint density at radius 2 is 2.11 bits per heavy atom. The van der Waals surface area contributed by atoms with Gasteiger partial charge in [0.1, 0.15) is 0 Å². The first kappa shape index (κ1) is 18.0. The van der Waals surface area contributed by atoms with Crippen LogP contribution in [0.15, 0.2) is 4.99 Å². The number of ether oxygens (including phenoxy) is 1. The maximum absolute atomic E-state index is 5.52. The number of aliphatic imine (C=N–C) groups is 1. The summed E-state index contributed by atoms with van der Waals surface area (Å²) in [7, 11) is 0. The highest BCUT2D eigenvalue weighted by molar-refractivity contribution is 14.0. The summed E-state index contributed by atoms with van der Waals surface area (Å²) in [6, 6.07) is 0.657. The topological polar surface area (TPSA) is 45.7 Å². The second-order valence-corrected chi connectivity index (χ2v) is 5.00. The van der Waals surface area contributed by atoms with E-state index in [-0.39, 0.29) is 24.0 Å². The summed E-state index contributed by atoms with van der Waals surface area (Å²) in [4.78, 5) is 4.52. The minimum absolute atomic E-state index is 0. The lowest BCUT2D eigenvalue weighted by Crippen LogP contribution is -2.38. The quantitative estimate of drug-likeness (QED) is 0.299. The SMILES string of the molecule is CCNC(=NCCCOCC(C)C)NC1CC1.I. The largest absolute Gasteiger partial charge is 0.381 e. The Labute approximate surface area is 128 Å². The molecule has 0 amide bonds. The predicted octanol–water partition coefficient (Wildman–Crippen LogP) is 2.38. The van der Waals surface area contributed by atoms with Crippen LogP contribution in [-0.2, 0) is 4.74 Å². The third kappa shape index (κ3) is 9.94. The predicted molar refractivity (Wildman–Crippen MR) is 87.8 cm³/mol. The molecule has 1 rings (SSSR count). The molecule has 1 saturated carbocycles. The van der Waals surface area contributed by atoms with E-state index in [0.29, 0.717) is 12.0 Å². The number of nitrogens with zero attached hydrogens (tertiary/aromatic N) is 1. The van der Waals surface area contributed by atoms with Gasteiger partial charge in [-0.3, -0.25) is 4.99 Å². The second kappa shape index (κ2) is 10.8. The third-order valence-electron chi connectivity index (χ3n) is 2.43. The molecule has 108 valence electrons. The number of guanidine groups is 1. The molecule has 0 atom stereocenters. The maximum Gasteiger partial charge on any atom is 0.191 e. The summed E-state index contributed by atoms with van der Waals surface area (Å²) in [6.07, 6.45) is 3.55. The fourth-order valence-electron chi connectivity index (χ4n) is 1.42. The van der Waals surface area contributed by atoms with Crippen molar-refractivity contribution in [2.45, 2.75) is 46.1 Å². The van der Waals surface area contributed by atoms with Gasteiger partial charge >= 0.3 is 0 Å². The molecule has 0 aromatic carbocycles. The molecule has 0 unspecified atom stereocenters. The van der Waals surface area contributed by atoms with Crippen molar-refractivity contribution in [1.82, 2.24) is 10.6 Å². The molecule has 0 heterocycles. The first-order valence-electron chi connectivity index (χ1n) is 6.85. The van der Waals surface area contributed by atoms with Gasteiger partial charge in [0.25, 0.3) is 0 Å². The van der Waals surface area contributed by atoms with E-state index >= 15 is 0 Å². The van der Waals surface area contributed by atoms with Crippen LogP contribution in [0.5, 0.6) is 0 Å². The molecule has 0 bridgehead atoms. The highest BCUT2D eigenvalue weighted by Crippen LogP contribution is 2.18. The number of halogens is 1. The van der Waals surface area contributed by atoms with Crippen LogP contribution in [-0.4, -0.2) is 38.3 Å². The number of rotatable bonds is 8. The van der Waals surface area contributed by atoms with E-state index in [9.17, 15) is 0 Å². The van der Waals surface area contributed by atoms with Gasteiger partial charge in [-0.1, -0.05) is 13.8 Å². The van der Waals surface area contributed by atoms with Gasteiger partial charge in [0.2, 0.25) is 0 Å². The molecule has 1 aliphatic rings. The Bertz CT molecular complexity index is 230. The van der Waals surface area contributed by atoms with Gasteiger partial charge in [0, 0.05) is 32.3 Å². The molecule has 18 heavy (non-hydrogen) atoms. The normalized spacial score (nSPS) is 15.4. The fraction of sp³-hybridized carbons (Fsp3) is 0.923. The molecule has 5 heteroatoms. The Balaban J connectivity index is 0.00000289. The molecule has 0 aromatic rings. The molecule has 0 aromatic heterocycles. The maximum atomic E-state index is 5.52. The highest BCUT2D eigenvalue weighted by atomic mass is 127. The van der Waals surface area contributed by atoms with Crippen LogP contribution in [0.3, 0.4) is 0 Å². The van der Waals surface area contributed by atoms with Crippen molar-refractivity contribution < 1.29 is 4.74 Å². The lowest BCUT2D eigenvalue weighted by atomic mass is 10.2. The zero-order valence-corrected chi connectivity index (χ0v) is 14.2. The van der Waals surface area contributed by atoms with Crippen molar-refractivity contribution >= 4 is 29.9 Å². The zero-order valence-electron chi connectivity index (χ0n) is 11.9. The number of nitrogens with one attached hydrogen (secondary N) is 2. The van der Waals surface area contributed by atoms with Gasteiger partial charge < -0.3 is 15.4 Å². The molecular weight excluding hydrogens is 341 g/mol. The Hall–Kier alpha value is -0.0400. The fourth-order valence-corrected chi connectivity index (χ4v) is 1.42. The monoisotopic (exact) mass is 369 g/mol. The van der Waals surface area contributed by atoms with Crippen LogP contribution in [0.2, 0.25) is 0 Å². The van der Waals surface area contributed by atoms with E-state index in [1.807, 2.05) is 0 Å². The molecule has 2 N–H and O–H groups in total. The summed E-state index contributed by atoms with van der Waals surface area (Å²) in [5.41, 5.74) is 0. The van der Waals surface area contributed by atoms with Gasteiger partial charge in [0.05, 0.1) is 0 Å². The molecule has 4 nitrogen and oxygen atoms in total.